The summed E-state index contributed by atoms with van der Waals surface area (Å²) in [7, 11) is 0. The monoisotopic (exact) mass is 253 g/mol. The van der Waals surface area contributed by atoms with E-state index in [-0.39, 0.29) is 10.7 Å². The normalized spacial score (nSPS) is 10.2. The van der Waals surface area contributed by atoms with Crippen molar-refractivity contribution in [1.82, 2.24) is 4.98 Å². The molecule has 0 aliphatic carbocycles. The predicted molar refractivity (Wildman–Crippen MR) is 61.9 cm³/mol. The fourth-order valence-electron chi connectivity index (χ4n) is 1.24. The highest BCUT2D eigenvalue weighted by molar-refractivity contribution is 6.33. The summed E-state index contributed by atoms with van der Waals surface area (Å²) < 4.78 is 5.12. The minimum absolute atomic E-state index is 0.140. The Kier molecular flexibility index (Phi) is 3.24. The second-order valence-corrected chi connectivity index (χ2v) is 3.62. The summed E-state index contributed by atoms with van der Waals surface area (Å²) >= 11 is 5.85. The molecule has 88 valence electrons. The molecule has 0 aliphatic heterocycles. The topological polar surface area (TPSA) is 81.2 Å². The number of furan rings is 1. The van der Waals surface area contributed by atoms with Gasteiger partial charge in [0.15, 0.2) is 0 Å². The van der Waals surface area contributed by atoms with Gasteiger partial charge in [-0.15, -0.1) is 0 Å². The van der Waals surface area contributed by atoms with Crippen LogP contribution in [0, 0.1) is 10.1 Å². The molecule has 6 nitrogen and oxygen atoms in total. The number of halogens is 1. The molecular weight excluding hydrogens is 246 g/mol. The standard InChI is InChI=1S/C10H8ClN3O3/c11-9-4-7(14(15)16)5-12-10(9)13-6-8-2-1-3-17-8/h1-5H,6H2,(H,12,13). The second kappa shape index (κ2) is 4.84. The number of nitro groups is 1. The van der Waals surface area contributed by atoms with Gasteiger partial charge in [-0.05, 0) is 12.1 Å². The van der Waals surface area contributed by atoms with E-state index in [9.17, 15) is 10.1 Å². The first-order valence-corrected chi connectivity index (χ1v) is 5.11. The van der Waals surface area contributed by atoms with Gasteiger partial charge >= 0.3 is 0 Å². The molecule has 0 bridgehead atoms. The highest BCUT2D eigenvalue weighted by Crippen LogP contribution is 2.24. The first kappa shape index (κ1) is 11.4. The van der Waals surface area contributed by atoms with Crippen LogP contribution >= 0.6 is 11.6 Å². The van der Waals surface area contributed by atoms with E-state index in [2.05, 4.69) is 10.3 Å². The quantitative estimate of drug-likeness (QED) is 0.669. The van der Waals surface area contributed by atoms with Gasteiger partial charge < -0.3 is 9.73 Å². The molecule has 2 heterocycles. The SMILES string of the molecule is O=[N+]([O-])c1cnc(NCc2ccco2)c(Cl)c1. The van der Waals surface area contributed by atoms with Crippen LogP contribution in [0.1, 0.15) is 5.76 Å². The summed E-state index contributed by atoms with van der Waals surface area (Å²) in [5.41, 5.74) is -0.140. The van der Waals surface area contributed by atoms with E-state index in [0.717, 1.165) is 12.0 Å². The van der Waals surface area contributed by atoms with Gasteiger partial charge in [-0.3, -0.25) is 10.1 Å². The minimum Gasteiger partial charge on any atom is -0.467 e. The molecule has 7 heteroatoms. The van der Waals surface area contributed by atoms with Crippen LogP contribution in [-0.2, 0) is 6.54 Å². The highest BCUT2D eigenvalue weighted by atomic mass is 35.5. The maximum Gasteiger partial charge on any atom is 0.289 e. The zero-order chi connectivity index (χ0) is 12.3. The number of rotatable bonds is 4. The van der Waals surface area contributed by atoms with Crippen molar-refractivity contribution in [3.63, 3.8) is 0 Å². The molecule has 0 spiro atoms. The molecule has 2 aromatic rings. The van der Waals surface area contributed by atoms with Crippen molar-refractivity contribution in [2.75, 3.05) is 5.32 Å². The van der Waals surface area contributed by atoms with E-state index in [0.29, 0.717) is 12.4 Å². The Labute approximate surface area is 101 Å². The minimum atomic E-state index is -0.546. The fraction of sp³-hybridized carbons (Fsp3) is 0.100. The summed E-state index contributed by atoms with van der Waals surface area (Å²) in [5.74, 6) is 1.11. The zero-order valence-corrected chi connectivity index (χ0v) is 9.35. The lowest BCUT2D eigenvalue weighted by molar-refractivity contribution is -0.385. The van der Waals surface area contributed by atoms with Crippen LogP contribution in [0.15, 0.2) is 35.1 Å². The van der Waals surface area contributed by atoms with Crippen LogP contribution in [0.4, 0.5) is 11.5 Å². The average molecular weight is 254 g/mol. The molecule has 0 atom stereocenters. The van der Waals surface area contributed by atoms with Gasteiger partial charge in [0, 0.05) is 6.07 Å². The summed E-state index contributed by atoms with van der Waals surface area (Å²) in [6, 6.07) is 4.81. The molecule has 2 aromatic heterocycles. The van der Waals surface area contributed by atoms with Gasteiger partial charge in [-0.1, -0.05) is 11.6 Å². The van der Waals surface area contributed by atoms with E-state index >= 15 is 0 Å². The summed E-state index contributed by atoms with van der Waals surface area (Å²) in [6.07, 6.45) is 2.71. The van der Waals surface area contributed by atoms with Crippen molar-refractivity contribution < 1.29 is 9.34 Å². The van der Waals surface area contributed by atoms with E-state index in [1.165, 1.54) is 6.07 Å². The third-order valence-corrected chi connectivity index (χ3v) is 2.34. The predicted octanol–water partition coefficient (Wildman–Crippen LogP) is 2.85. The number of nitrogens with one attached hydrogen (secondary N) is 1. The maximum absolute atomic E-state index is 10.5. The number of aromatic nitrogens is 1. The lowest BCUT2D eigenvalue weighted by atomic mass is 10.4. The summed E-state index contributed by atoms with van der Waals surface area (Å²) in [6.45, 7) is 0.414. The largest absolute Gasteiger partial charge is 0.467 e. The number of anilines is 1. The maximum atomic E-state index is 10.5. The Morgan fingerprint density at radius 1 is 1.59 bits per heavy atom. The third-order valence-electron chi connectivity index (χ3n) is 2.05. The van der Waals surface area contributed by atoms with Crippen molar-refractivity contribution in [3.05, 3.63) is 51.6 Å². The molecule has 17 heavy (non-hydrogen) atoms. The first-order valence-electron chi connectivity index (χ1n) is 4.73. The number of nitrogens with zero attached hydrogens (tertiary/aromatic N) is 2. The van der Waals surface area contributed by atoms with Crippen LogP contribution in [0.25, 0.3) is 0 Å². The Hall–Kier alpha value is -2.08. The van der Waals surface area contributed by atoms with Crippen molar-refractivity contribution in [2.24, 2.45) is 0 Å². The van der Waals surface area contributed by atoms with Crippen LogP contribution in [0.3, 0.4) is 0 Å². The van der Waals surface area contributed by atoms with E-state index < -0.39 is 4.92 Å². The van der Waals surface area contributed by atoms with Gasteiger partial charge in [0.2, 0.25) is 0 Å². The molecule has 0 saturated heterocycles. The second-order valence-electron chi connectivity index (χ2n) is 3.21. The van der Waals surface area contributed by atoms with Gasteiger partial charge in [0.1, 0.15) is 17.8 Å². The summed E-state index contributed by atoms with van der Waals surface area (Å²) in [4.78, 5) is 13.8. The third kappa shape index (κ3) is 2.73. The lowest BCUT2D eigenvalue weighted by Gasteiger charge is -2.04. The van der Waals surface area contributed by atoms with E-state index in [1.54, 1.807) is 18.4 Å². The smallest absolute Gasteiger partial charge is 0.289 e. The van der Waals surface area contributed by atoms with E-state index in [1.807, 2.05) is 0 Å². The van der Waals surface area contributed by atoms with Crippen molar-refractivity contribution in [1.29, 1.82) is 0 Å². The van der Waals surface area contributed by atoms with Gasteiger partial charge in [0.05, 0.1) is 22.8 Å². The molecule has 0 fully saturated rings. The molecule has 0 unspecified atom stereocenters. The molecule has 2 rings (SSSR count). The first-order chi connectivity index (χ1) is 8.16. The Morgan fingerprint density at radius 2 is 2.41 bits per heavy atom. The average Bonchev–Trinajstić information content (AvgIpc) is 2.80. The Balaban J connectivity index is 2.09. The highest BCUT2D eigenvalue weighted by Gasteiger charge is 2.10. The number of pyridine rings is 1. The van der Waals surface area contributed by atoms with Gasteiger partial charge in [0.25, 0.3) is 5.69 Å². The molecule has 0 amide bonds. The van der Waals surface area contributed by atoms with Crippen LogP contribution in [0.2, 0.25) is 5.02 Å². The zero-order valence-electron chi connectivity index (χ0n) is 8.59. The lowest BCUT2D eigenvalue weighted by Crippen LogP contribution is -2.01. The Morgan fingerprint density at radius 3 is 3.00 bits per heavy atom. The van der Waals surface area contributed by atoms with Crippen molar-refractivity contribution in [3.8, 4) is 0 Å². The van der Waals surface area contributed by atoms with Gasteiger partial charge in [-0.2, -0.15) is 0 Å². The van der Waals surface area contributed by atoms with E-state index in [4.69, 9.17) is 16.0 Å². The molecule has 1 N–H and O–H groups in total. The number of hydrogen-bond acceptors (Lipinski definition) is 5. The fourth-order valence-corrected chi connectivity index (χ4v) is 1.47. The number of hydrogen-bond donors (Lipinski definition) is 1. The van der Waals surface area contributed by atoms with Crippen LogP contribution in [0.5, 0.6) is 0 Å². The molecule has 0 aromatic carbocycles. The van der Waals surface area contributed by atoms with Gasteiger partial charge in [-0.25, -0.2) is 4.98 Å². The molecule has 0 saturated carbocycles. The molecule has 0 aliphatic rings. The van der Waals surface area contributed by atoms with Crippen LogP contribution < -0.4 is 5.32 Å². The molecule has 0 radical (unpaired) electrons. The van der Waals surface area contributed by atoms with Crippen LogP contribution in [-0.4, -0.2) is 9.91 Å². The summed E-state index contributed by atoms with van der Waals surface area (Å²) in [5, 5.41) is 13.6. The Bertz CT molecular complexity index is 528. The molecular formula is C10H8ClN3O3. The van der Waals surface area contributed by atoms with Crippen molar-refractivity contribution in [2.45, 2.75) is 6.54 Å². The van der Waals surface area contributed by atoms with Crippen molar-refractivity contribution >= 4 is 23.1 Å².